The normalized spacial score (nSPS) is 32.4. The standard InChI is InChI=1S/C24H45N3/c1-22(2,3)19-9-11-24(12-10-19)17-26(18-24)21-14-25(15-21)20-8-7-13-27(16-20)23(4,5)6/h19-21H,7-18H2,1-6H3. The van der Waals surface area contributed by atoms with E-state index in [2.05, 4.69) is 56.2 Å². The maximum atomic E-state index is 2.83. The second-order valence-electron chi connectivity index (χ2n) is 12.6. The number of piperidine rings is 1. The SMILES string of the molecule is CC(C)(C)C1CCC2(CC1)CN(C1CN(C3CCCN(C(C)(C)C)C3)C1)C2. The van der Waals surface area contributed by atoms with Crippen molar-refractivity contribution in [2.24, 2.45) is 16.7 Å². The molecule has 0 amide bonds. The van der Waals surface area contributed by atoms with Crippen LogP contribution in [0.5, 0.6) is 0 Å². The second-order valence-corrected chi connectivity index (χ2v) is 12.6. The quantitative estimate of drug-likeness (QED) is 0.705. The van der Waals surface area contributed by atoms with Gasteiger partial charge in [0.2, 0.25) is 0 Å². The molecule has 3 saturated heterocycles. The number of rotatable bonds is 2. The minimum Gasteiger partial charge on any atom is -0.297 e. The summed E-state index contributed by atoms with van der Waals surface area (Å²) in [4.78, 5) is 8.34. The van der Waals surface area contributed by atoms with Crippen LogP contribution in [-0.2, 0) is 0 Å². The molecule has 0 aromatic heterocycles. The Balaban J connectivity index is 1.20. The van der Waals surface area contributed by atoms with Gasteiger partial charge in [0.25, 0.3) is 0 Å². The fourth-order valence-corrected chi connectivity index (χ4v) is 6.37. The van der Waals surface area contributed by atoms with E-state index in [1.165, 1.54) is 77.8 Å². The van der Waals surface area contributed by atoms with E-state index < -0.39 is 0 Å². The molecule has 0 N–H and O–H groups in total. The van der Waals surface area contributed by atoms with Crippen molar-refractivity contribution < 1.29 is 0 Å². The molecule has 4 fully saturated rings. The zero-order chi connectivity index (χ0) is 19.4. The van der Waals surface area contributed by atoms with Gasteiger partial charge in [0.1, 0.15) is 0 Å². The van der Waals surface area contributed by atoms with Gasteiger partial charge in [0, 0.05) is 50.3 Å². The van der Waals surface area contributed by atoms with E-state index in [9.17, 15) is 0 Å². The zero-order valence-corrected chi connectivity index (χ0v) is 19.1. The predicted molar refractivity (Wildman–Crippen MR) is 115 cm³/mol. The van der Waals surface area contributed by atoms with E-state index in [0.29, 0.717) is 16.4 Å². The minimum atomic E-state index is 0.332. The number of likely N-dealkylation sites (tertiary alicyclic amines) is 3. The van der Waals surface area contributed by atoms with Crippen molar-refractivity contribution in [1.82, 2.24) is 14.7 Å². The van der Waals surface area contributed by atoms with E-state index in [1.807, 2.05) is 0 Å². The summed E-state index contributed by atoms with van der Waals surface area (Å²) in [5.41, 5.74) is 1.55. The van der Waals surface area contributed by atoms with Gasteiger partial charge in [0.05, 0.1) is 0 Å². The van der Waals surface area contributed by atoms with Crippen LogP contribution in [0.25, 0.3) is 0 Å². The highest BCUT2D eigenvalue weighted by Gasteiger charge is 2.50. The molecule has 0 radical (unpaired) electrons. The van der Waals surface area contributed by atoms with E-state index >= 15 is 0 Å². The molecule has 0 aromatic rings. The van der Waals surface area contributed by atoms with E-state index in [1.54, 1.807) is 0 Å². The van der Waals surface area contributed by atoms with Crippen molar-refractivity contribution in [2.75, 3.05) is 39.3 Å². The lowest BCUT2D eigenvalue weighted by atomic mass is 9.61. The van der Waals surface area contributed by atoms with Crippen molar-refractivity contribution in [3.63, 3.8) is 0 Å². The van der Waals surface area contributed by atoms with Crippen LogP contribution in [0.15, 0.2) is 0 Å². The minimum absolute atomic E-state index is 0.332. The molecular weight excluding hydrogens is 330 g/mol. The fourth-order valence-electron chi connectivity index (χ4n) is 6.37. The Hall–Kier alpha value is -0.120. The molecular formula is C24H45N3. The smallest absolute Gasteiger partial charge is 0.0351 e. The van der Waals surface area contributed by atoms with Gasteiger partial charge in [-0.2, -0.15) is 0 Å². The topological polar surface area (TPSA) is 9.72 Å². The Kier molecular flexibility index (Phi) is 5.22. The summed E-state index contributed by atoms with van der Waals surface area (Å²) in [6.45, 7) is 22.5. The highest BCUT2D eigenvalue weighted by molar-refractivity contribution is 5.05. The molecule has 1 unspecified atom stereocenters. The highest BCUT2D eigenvalue weighted by Crippen LogP contribution is 2.50. The first kappa shape index (κ1) is 20.2. The Morgan fingerprint density at radius 3 is 1.93 bits per heavy atom. The first-order valence-corrected chi connectivity index (χ1v) is 11.8. The molecule has 4 rings (SSSR count). The van der Waals surface area contributed by atoms with Crippen molar-refractivity contribution >= 4 is 0 Å². The Bertz CT molecular complexity index is 507. The van der Waals surface area contributed by atoms with Crippen molar-refractivity contribution in [2.45, 2.75) is 97.7 Å². The van der Waals surface area contributed by atoms with Gasteiger partial charge in [-0.25, -0.2) is 0 Å². The summed E-state index contributed by atoms with van der Waals surface area (Å²) < 4.78 is 0. The molecule has 3 nitrogen and oxygen atoms in total. The molecule has 1 aliphatic carbocycles. The van der Waals surface area contributed by atoms with Crippen LogP contribution in [-0.4, -0.2) is 71.6 Å². The Morgan fingerprint density at radius 2 is 1.37 bits per heavy atom. The fraction of sp³-hybridized carbons (Fsp3) is 1.00. The number of hydrogen-bond acceptors (Lipinski definition) is 3. The molecule has 27 heavy (non-hydrogen) atoms. The van der Waals surface area contributed by atoms with E-state index in [-0.39, 0.29) is 0 Å². The Morgan fingerprint density at radius 1 is 0.741 bits per heavy atom. The summed E-state index contributed by atoms with van der Waals surface area (Å²) in [5, 5.41) is 0. The van der Waals surface area contributed by atoms with Crippen molar-refractivity contribution in [3.8, 4) is 0 Å². The number of hydrogen-bond donors (Lipinski definition) is 0. The van der Waals surface area contributed by atoms with Crippen LogP contribution >= 0.6 is 0 Å². The molecule has 3 heteroatoms. The first-order valence-electron chi connectivity index (χ1n) is 11.8. The molecule has 3 heterocycles. The van der Waals surface area contributed by atoms with Crippen LogP contribution < -0.4 is 0 Å². The van der Waals surface area contributed by atoms with Gasteiger partial charge in [-0.15, -0.1) is 0 Å². The lowest BCUT2D eigenvalue weighted by Crippen LogP contribution is -2.71. The number of nitrogens with zero attached hydrogens (tertiary/aromatic N) is 3. The van der Waals surface area contributed by atoms with E-state index in [0.717, 1.165) is 18.0 Å². The molecule has 1 saturated carbocycles. The van der Waals surface area contributed by atoms with Crippen LogP contribution in [0.3, 0.4) is 0 Å². The van der Waals surface area contributed by atoms with Gasteiger partial charge in [-0.3, -0.25) is 14.7 Å². The van der Waals surface area contributed by atoms with Gasteiger partial charge >= 0.3 is 0 Å². The zero-order valence-electron chi connectivity index (χ0n) is 19.1. The summed E-state index contributed by atoms with van der Waals surface area (Å²) in [5.74, 6) is 0.952. The highest BCUT2D eigenvalue weighted by atomic mass is 15.4. The van der Waals surface area contributed by atoms with Gasteiger partial charge in [0.15, 0.2) is 0 Å². The molecule has 1 atom stereocenters. The maximum Gasteiger partial charge on any atom is 0.0351 e. The summed E-state index contributed by atoms with van der Waals surface area (Å²) >= 11 is 0. The average molecular weight is 376 g/mol. The average Bonchev–Trinajstić information content (AvgIpc) is 2.51. The largest absolute Gasteiger partial charge is 0.297 e. The van der Waals surface area contributed by atoms with Crippen LogP contribution in [0, 0.1) is 16.7 Å². The summed E-state index contributed by atoms with van der Waals surface area (Å²) in [6.07, 6.45) is 8.72. The predicted octanol–water partition coefficient (Wildman–Crippen LogP) is 4.47. The molecule has 4 aliphatic rings. The first-order chi connectivity index (χ1) is 12.6. The lowest BCUT2D eigenvalue weighted by Gasteiger charge is -2.61. The molecule has 0 aromatic carbocycles. The molecule has 3 aliphatic heterocycles. The van der Waals surface area contributed by atoms with Crippen molar-refractivity contribution in [3.05, 3.63) is 0 Å². The van der Waals surface area contributed by atoms with Gasteiger partial charge in [-0.1, -0.05) is 20.8 Å². The second kappa shape index (κ2) is 6.99. The third-order valence-electron chi connectivity index (χ3n) is 8.62. The monoisotopic (exact) mass is 375 g/mol. The van der Waals surface area contributed by atoms with Crippen LogP contribution in [0.4, 0.5) is 0 Å². The van der Waals surface area contributed by atoms with Gasteiger partial charge < -0.3 is 0 Å². The Labute approximate surface area is 168 Å². The van der Waals surface area contributed by atoms with Crippen LogP contribution in [0.2, 0.25) is 0 Å². The summed E-state index contributed by atoms with van der Waals surface area (Å²) in [6, 6.07) is 1.67. The summed E-state index contributed by atoms with van der Waals surface area (Å²) in [7, 11) is 0. The third-order valence-corrected chi connectivity index (χ3v) is 8.62. The molecule has 1 spiro atoms. The van der Waals surface area contributed by atoms with Crippen molar-refractivity contribution in [1.29, 1.82) is 0 Å². The van der Waals surface area contributed by atoms with E-state index in [4.69, 9.17) is 0 Å². The van der Waals surface area contributed by atoms with Crippen LogP contribution in [0.1, 0.15) is 80.1 Å². The maximum absolute atomic E-state index is 2.83. The third kappa shape index (κ3) is 4.12. The molecule has 0 bridgehead atoms. The van der Waals surface area contributed by atoms with Gasteiger partial charge in [-0.05, 0) is 82.6 Å². The lowest BCUT2D eigenvalue weighted by molar-refractivity contribution is -0.118. The molecule has 156 valence electrons.